The van der Waals surface area contributed by atoms with Crippen molar-refractivity contribution in [2.45, 2.75) is 57.8 Å². The minimum atomic E-state index is -0.594. The van der Waals surface area contributed by atoms with Crippen molar-refractivity contribution in [2.75, 3.05) is 0 Å². The highest BCUT2D eigenvalue weighted by atomic mass is 16.6. The van der Waals surface area contributed by atoms with Crippen molar-refractivity contribution >= 4 is 12.1 Å². The second-order valence-corrected chi connectivity index (χ2v) is 8.54. The van der Waals surface area contributed by atoms with Crippen LogP contribution < -0.4 is 5.32 Å². The highest BCUT2D eigenvalue weighted by Gasteiger charge is 2.39. The van der Waals surface area contributed by atoms with E-state index < -0.39 is 11.7 Å². The number of esters is 1. The van der Waals surface area contributed by atoms with Gasteiger partial charge < -0.3 is 14.8 Å². The van der Waals surface area contributed by atoms with E-state index in [0.29, 0.717) is 19.3 Å². The molecule has 3 rings (SSSR count). The summed E-state index contributed by atoms with van der Waals surface area (Å²) in [6.07, 6.45) is 0.891. The molecule has 1 heterocycles. The largest absolute Gasteiger partial charge is 0.460 e. The third kappa shape index (κ3) is 6.34. The van der Waals surface area contributed by atoms with Gasteiger partial charge in [0.15, 0.2) is 0 Å². The second kappa shape index (κ2) is 9.12. The summed E-state index contributed by atoms with van der Waals surface area (Å²) in [6.45, 7) is 5.47. The maximum atomic E-state index is 12.5. The van der Waals surface area contributed by atoms with E-state index in [-0.39, 0.29) is 24.0 Å². The molecular formula is C24H29NO4. The molecule has 0 saturated carbocycles. The molecule has 1 saturated heterocycles. The van der Waals surface area contributed by atoms with Gasteiger partial charge in [0.25, 0.3) is 0 Å². The zero-order chi connectivity index (χ0) is 20.9. The normalized spacial score (nSPS) is 20.0. The fraction of sp³-hybridized carbons (Fsp3) is 0.417. The van der Waals surface area contributed by atoms with Crippen molar-refractivity contribution in [1.82, 2.24) is 5.32 Å². The molecule has 0 spiro atoms. The smallest absolute Gasteiger partial charge is 0.408 e. The molecule has 1 aliphatic rings. The summed E-state index contributed by atoms with van der Waals surface area (Å²) in [5.74, 6) is -0.413. The summed E-state index contributed by atoms with van der Waals surface area (Å²) in [7, 11) is 0. The van der Waals surface area contributed by atoms with Crippen LogP contribution in [0, 0.1) is 5.92 Å². The Morgan fingerprint density at radius 3 is 2.24 bits per heavy atom. The zero-order valence-corrected chi connectivity index (χ0v) is 17.3. The predicted molar refractivity (Wildman–Crippen MR) is 111 cm³/mol. The lowest BCUT2D eigenvalue weighted by Crippen LogP contribution is -2.46. The molecule has 0 unspecified atom stereocenters. The number of alkyl carbamates (subject to hydrolysis) is 1. The monoisotopic (exact) mass is 395 g/mol. The Kier molecular flexibility index (Phi) is 6.57. The molecule has 1 N–H and O–H groups in total. The van der Waals surface area contributed by atoms with E-state index in [1.54, 1.807) is 0 Å². The first kappa shape index (κ1) is 20.9. The van der Waals surface area contributed by atoms with Gasteiger partial charge in [0.05, 0.1) is 12.0 Å². The molecule has 1 fully saturated rings. The molecule has 5 heteroatoms. The van der Waals surface area contributed by atoms with Crippen LogP contribution in [0.1, 0.15) is 38.3 Å². The third-order valence-electron chi connectivity index (χ3n) is 4.89. The maximum Gasteiger partial charge on any atom is 0.408 e. The molecular weight excluding hydrogens is 366 g/mol. The molecule has 2 aromatic carbocycles. The van der Waals surface area contributed by atoms with E-state index in [9.17, 15) is 9.59 Å². The Bertz CT molecular complexity index is 814. The first-order chi connectivity index (χ1) is 13.8. The molecule has 0 radical (unpaired) electrons. The average molecular weight is 395 g/mol. The molecule has 29 heavy (non-hydrogen) atoms. The fourth-order valence-corrected chi connectivity index (χ4v) is 3.58. The van der Waals surface area contributed by atoms with Gasteiger partial charge in [-0.15, -0.1) is 0 Å². The summed E-state index contributed by atoms with van der Waals surface area (Å²) in [6, 6.07) is 19.4. The van der Waals surface area contributed by atoms with Crippen molar-refractivity contribution in [2.24, 2.45) is 5.92 Å². The topological polar surface area (TPSA) is 64.6 Å². The van der Waals surface area contributed by atoms with Crippen LogP contribution in [-0.4, -0.2) is 29.8 Å². The van der Waals surface area contributed by atoms with Gasteiger partial charge in [-0.3, -0.25) is 4.79 Å². The van der Waals surface area contributed by atoms with Crippen LogP contribution in [0.2, 0.25) is 0 Å². The lowest BCUT2D eigenvalue weighted by Gasteiger charge is -2.26. The van der Waals surface area contributed by atoms with E-state index in [0.717, 1.165) is 11.1 Å². The van der Waals surface area contributed by atoms with Gasteiger partial charge >= 0.3 is 12.1 Å². The van der Waals surface area contributed by atoms with E-state index in [4.69, 9.17) is 9.47 Å². The first-order valence-corrected chi connectivity index (χ1v) is 10.1. The number of benzene rings is 2. The van der Waals surface area contributed by atoms with Crippen LogP contribution in [0.5, 0.6) is 0 Å². The van der Waals surface area contributed by atoms with Crippen molar-refractivity contribution in [1.29, 1.82) is 0 Å². The Labute approximate surface area is 172 Å². The molecule has 3 atom stereocenters. The van der Waals surface area contributed by atoms with Crippen molar-refractivity contribution in [3.05, 3.63) is 71.8 Å². The van der Waals surface area contributed by atoms with Crippen LogP contribution in [-0.2, 0) is 27.1 Å². The number of hydrogen-bond donors (Lipinski definition) is 1. The van der Waals surface area contributed by atoms with Crippen LogP contribution in [0.25, 0.3) is 0 Å². The average Bonchev–Trinajstić information content (AvgIpc) is 3.02. The van der Waals surface area contributed by atoms with Gasteiger partial charge in [-0.1, -0.05) is 60.7 Å². The van der Waals surface area contributed by atoms with Gasteiger partial charge in [-0.25, -0.2) is 4.79 Å². The first-order valence-electron chi connectivity index (χ1n) is 10.1. The molecule has 1 amide bonds. The summed E-state index contributed by atoms with van der Waals surface area (Å²) < 4.78 is 11.1. The number of ether oxygens (including phenoxy) is 2. The number of carbonyl (C=O) groups is 2. The summed E-state index contributed by atoms with van der Waals surface area (Å²) >= 11 is 0. The molecule has 0 aliphatic carbocycles. The second-order valence-electron chi connectivity index (χ2n) is 8.54. The van der Waals surface area contributed by atoms with Crippen LogP contribution >= 0.6 is 0 Å². The molecule has 5 nitrogen and oxygen atoms in total. The van der Waals surface area contributed by atoms with Crippen molar-refractivity contribution in [3.63, 3.8) is 0 Å². The molecule has 1 aliphatic heterocycles. The standard InChI is InChI=1S/C24H29NO4/c1-24(2,3)29-23(27)25-20(15-18-12-8-5-9-13-18)21-16-19(22(26)28-21)14-17-10-6-4-7-11-17/h4-13,19-21H,14-16H2,1-3H3,(H,25,27)/t19-,20-,21+/m0/s1. The number of rotatable bonds is 6. The number of carbonyl (C=O) groups excluding carboxylic acids is 2. The zero-order valence-electron chi connectivity index (χ0n) is 17.3. The van der Waals surface area contributed by atoms with Crippen molar-refractivity contribution < 1.29 is 19.1 Å². The van der Waals surface area contributed by atoms with Crippen LogP contribution in [0.3, 0.4) is 0 Å². The fourth-order valence-electron chi connectivity index (χ4n) is 3.58. The van der Waals surface area contributed by atoms with Gasteiger partial charge in [-0.2, -0.15) is 0 Å². The van der Waals surface area contributed by atoms with E-state index >= 15 is 0 Å². The minimum absolute atomic E-state index is 0.206. The minimum Gasteiger partial charge on any atom is -0.460 e. The molecule has 2 aromatic rings. The Hall–Kier alpha value is -2.82. The molecule has 154 valence electrons. The lowest BCUT2D eigenvalue weighted by molar-refractivity contribution is -0.145. The number of amides is 1. The number of hydrogen-bond acceptors (Lipinski definition) is 4. The SMILES string of the molecule is CC(C)(C)OC(=O)N[C@@H](Cc1ccccc1)[C@H]1C[C@H](Cc2ccccc2)C(=O)O1. The number of cyclic esters (lactones) is 1. The summed E-state index contributed by atoms with van der Waals surface area (Å²) in [4.78, 5) is 24.9. The van der Waals surface area contributed by atoms with Gasteiger partial charge in [0.2, 0.25) is 0 Å². The number of nitrogens with one attached hydrogen (secondary N) is 1. The van der Waals surface area contributed by atoms with Crippen LogP contribution in [0.15, 0.2) is 60.7 Å². The van der Waals surface area contributed by atoms with Gasteiger partial charge in [0.1, 0.15) is 11.7 Å². The highest BCUT2D eigenvalue weighted by Crippen LogP contribution is 2.28. The van der Waals surface area contributed by atoms with Crippen molar-refractivity contribution in [3.8, 4) is 0 Å². The van der Waals surface area contributed by atoms with Gasteiger partial charge in [0, 0.05) is 6.42 Å². The lowest BCUT2D eigenvalue weighted by atomic mass is 9.92. The quantitative estimate of drug-likeness (QED) is 0.741. The third-order valence-corrected chi connectivity index (χ3v) is 4.89. The van der Waals surface area contributed by atoms with Crippen LogP contribution in [0.4, 0.5) is 4.79 Å². The molecule has 0 bridgehead atoms. The maximum absolute atomic E-state index is 12.5. The Morgan fingerprint density at radius 1 is 1.07 bits per heavy atom. The van der Waals surface area contributed by atoms with E-state index in [2.05, 4.69) is 5.32 Å². The Morgan fingerprint density at radius 2 is 1.66 bits per heavy atom. The highest BCUT2D eigenvalue weighted by molar-refractivity contribution is 5.75. The van der Waals surface area contributed by atoms with E-state index in [1.165, 1.54) is 0 Å². The molecule has 0 aromatic heterocycles. The summed E-state index contributed by atoms with van der Waals surface area (Å²) in [5.41, 5.74) is 1.58. The Balaban J connectivity index is 1.71. The predicted octanol–water partition coefficient (Wildman–Crippen LogP) is 4.30. The van der Waals surface area contributed by atoms with E-state index in [1.807, 2.05) is 81.4 Å². The summed E-state index contributed by atoms with van der Waals surface area (Å²) in [5, 5.41) is 2.93. The van der Waals surface area contributed by atoms with Gasteiger partial charge in [-0.05, 0) is 44.7 Å².